The van der Waals surface area contributed by atoms with Gasteiger partial charge in [0.1, 0.15) is 11.6 Å². The average molecular weight is 247 g/mol. The van der Waals surface area contributed by atoms with E-state index < -0.39 is 11.6 Å². The molecule has 0 heterocycles. The zero-order valence-electron chi connectivity index (χ0n) is 10.4. The molecule has 0 aliphatic carbocycles. The SMILES string of the molecule is Cc1ccccc1C(C)Nc1ccc(F)cc1F. The second-order valence-electron chi connectivity index (χ2n) is 4.35. The predicted octanol–water partition coefficient (Wildman–Crippen LogP) is 4.45. The first-order valence-corrected chi connectivity index (χ1v) is 5.85. The minimum absolute atomic E-state index is 0.0360. The Morgan fingerprint density at radius 2 is 1.78 bits per heavy atom. The van der Waals surface area contributed by atoms with Crippen molar-refractivity contribution >= 4 is 5.69 Å². The number of anilines is 1. The van der Waals surface area contributed by atoms with Crippen LogP contribution in [0.3, 0.4) is 0 Å². The van der Waals surface area contributed by atoms with E-state index in [1.54, 1.807) is 0 Å². The van der Waals surface area contributed by atoms with Gasteiger partial charge in [-0.3, -0.25) is 0 Å². The molecule has 0 fully saturated rings. The van der Waals surface area contributed by atoms with Crippen LogP contribution < -0.4 is 5.32 Å². The Hall–Kier alpha value is -1.90. The summed E-state index contributed by atoms with van der Waals surface area (Å²) in [6.07, 6.45) is 0. The zero-order valence-corrected chi connectivity index (χ0v) is 10.4. The van der Waals surface area contributed by atoms with Crippen LogP contribution in [0.15, 0.2) is 42.5 Å². The smallest absolute Gasteiger partial charge is 0.149 e. The standard InChI is InChI=1S/C15H15F2N/c1-10-5-3-4-6-13(10)11(2)18-15-8-7-12(16)9-14(15)17/h3-9,11,18H,1-2H3. The number of halogens is 2. The van der Waals surface area contributed by atoms with Crippen LogP contribution in [0.25, 0.3) is 0 Å². The summed E-state index contributed by atoms with van der Waals surface area (Å²) in [6.45, 7) is 3.96. The first-order valence-electron chi connectivity index (χ1n) is 5.85. The third kappa shape index (κ3) is 2.67. The van der Waals surface area contributed by atoms with Crippen molar-refractivity contribution in [3.8, 4) is 0 Å². The molecule has 1 N–H and O–H groups in total. The maximum absolute atomic E-state index is 13.5. The van der Waals surface area contributed by atoms with Crippen LogP contribution in [-0.4, -0.2) is 0 Å². The van der Waals surface area contributed by atoms with Crippen LogP contribution in [0.1, 0.15) is 24.1 Å². The topological polar surface area (TPSA) is 12.0 Å². The summed E-state index contributed by atoms with van der Waals surface area (Å²) >= 11 is 0. The second-order valence-corrected chi connectivity index (χ2v) is 4.35. The molecule has 0 saturated heterocycles. The lowest BCUT2D eigenvalue weighted by Crippen LogP contribution is -2.09. The summed E-state index contributed by atoms with van der Waals surface area (Å²) in [5.41, 5.74) is 2.55. The monoisotopic (exact) mass is 247 g/mol. The summed E-state index contributed by atoms with van der Waals surface area (Å²) in [5, 5.41) is 3.05. The normalized spacial score (nSPS) is 12.2. The number of nitrogens with one attached hydrogen (secondary N) is 1. The highest BCUT2D eigenvalue weighted by atomic mass is 19.1. The molecule has 2 aromatic rings. The molecule has 0 saturated carbocycles. The fourth-order valence-corrected chi connectivity index (χ4v) is 1.99. The first kappa shape index (κ1) is 12.6. The predicted molar refractivity (Wildman–Crippen MR) is 69.6 cm³/mol. The van der Waals surface area contributed by atoms with Gasteiger partial charge in [-0.05, 0) is 37.1 Å². The average Bonchev–Trinajstić information content (AvgIpc) is 2.33. The quantitative estimate of drug-likeness (QED) is 0.845. The van der Waals surface area contributed by atoms with Gasteiger partial charge < -0.3 is 5.32 Å². The lowest BCUT2D eigenvalue weighted by Gasteiger charge is -2.18. The van der Waals surface area contributed by atoms with Crippen LogP contribution in [-0.2, 0) is 0 Å². The van der Waals surface area contributed by atoms with Crippen molar-refractivity contribution in [3.05, 3.63) is 65.2 Å². The molecule has 94 valence electrons. The Labute approximate surface area is 105 Å². The van der Waals surface area contributed by atoms with Gasteiger partial charge in [0.25, 0.3) is 0 Å². The van der Waals surface area contributed by atoms with Crippen LogP contribution >= 0.6 is 0 Å². The van der Waals surface area contributed by atoms with Gasteiger partial charge in [-0.2, -0.15) is 0 Å². The number of benzene rings is 2. The van der Waals surface area contributed by atoms with Gasteiger partial charge in [0, 0.05) is 12.1 Å². The van der Waals surface area contributed by atoms with Crippen LogP contribution in [0, 0.1) is 18.6 Å². The maximum Gasteiger partial charge on any atom is 0.149 e. The van der Waals surface area contributed by atoms with E-state index in [2.05, 4.69) is 5.32 Å². The van der Waals surface area contributed by atoms with E-state index >= 15 is 0 Å². The molecule has 0 aliphatic rings. The molecule has 2 aromatic carbocycles. The van der Waals surface area contributed by atoms with E-state index in [1.165, 1.54) is 12.1 Å². The highest BCUT2D eigenvalue weighted by Gasteiger charge is 2.10. The fourth-order valence-electron chi connectivity index (χ4n) is 1.99. The van der Waals surface area contributed by atoms with Crippen molar-refractivity contribution in [1.82, 2.24) is 0 Å². The highest BCUT2D eigenvalue weighted by Crippen LogP contribution is 2.24. The molecule has 0 spiro atoms. The summed E-state index contributed by atoms with van der Waals surface area (Å²) in [4.78, 5) is 0. The van der Waals surface area contributed by atoms with Crippen molar-refractivity contribution < 1.29 is 8.78 Å². The molecule has 0 amide bonds. The van der Waals surface area contributed by atoms with Gasteiger partial charge in [0.05, 0.1) is 5.69 Å². The zero-order chi connectivity index (χ0) is 13.1. The molecule has 3 heteroatoms. The number of hydrogen-bond donors (Lipinski definition) is 1. The van der Waals surface area contributed by atoms with Crippen molar-refractivity contribution in [3.63, 3.8) is 0 Å². The highest BCUT2D eigenvalue weighted by molar-refractivity contribution is 5.47. The van der Waals surface area contributed by atoms with Gasteiger partial charge in [-0.15, -0.1) is 0 Å². The molecule has 0 aromatic heterocycles. The van der Waals surface area contributed by atoms with Crippen molar-refractivity contribution in [2.45, 2.75) is 19.9 Å². The van der Waals surface area contributed by atoms with Crippen molar-refractivity contribution in [2.24, 2.45) is 0 Å². The maximum atomic E-state index is 13.5. The molecule has 0 bridgehead atoms. The Morgan fingerprint density at radius 3 is 2.44 bits per heavy atom. The number of aryl methyl sites for hydroxylation is 1. The summed E-state index contributed by atoms with van der Waals surface area (Å²) < 4.78 is 26.3. The number of hydrogen-bond acceptors (Lipinski definition) is 1. The van der Waals surface area contributed by atoms with Gasteiger partial charge in [-0.25, -0.2) is 8.78 Å². The largest absolute Gasteiger partial charge is 0.376 e. The first-order chi connectivity index (χ1) is 8.58. The minimum Gasteiger partial charge on any atom is -0.376 e. The molecular formula is C15H15F2N. The molecule has 1 unspecified atom stereocenters. The molecule has 18 heavy (non-hydrogen) atoms. The lowest BCUT2D eigenvalue weighted by atomic mass is 10.0. The molecule has 2 rings (SSSR count). The van der Waals surface area contributed by atoms with Crippen LogP contribution in [0.5, 0.6) is 0 Å². The van der Waals surface area contributed by atoms with Gasteiger partial charge >= 0.3 is 0 Å². The van der Waals surface area contributed by atoms with Crippen molar-refractivity contribution in [2.75, 3.05) is 5.32 Å². The van der Waals surface area contributed by atoms with E-state index in [1.807, 2.05) is 38.1 Å². The minimum atomic E-state index is -0.574. The molecule has 0 aliphatic heterocycles. The Morgan fingerprint density at radius 1 is 1.06 bits per heavy atom. The van der Waals surface area contributed by atoms with E-state index in [4.69, 9.17) is 0 Å². The third-order valence-electron chi connectivity index (χ3n) is 2.96. The second kappa shape index (κ2) is 5.17. The fraction of sp³-hybridized carbons (Fsp3) is 0.200. The Kier molecular flexibility index (Phi) is 3.60. The molecule has 1 atom stereocenters. The van der Waals surface area contributed by atoms with E-state index in [0.717, 1.165) is 17.2 Å². The third-order valence-corrected chi connectivity index (χ3v) is 2.96. The molecule has 0 radical (unpaired) electrons. The van der Waals surface area contributed by atoms with E-state index in [0.29, 0.717) is 5.69 Å². The van der Waals surface area contributed by atoms with Crippen molar-refractivity contribution in [1.29, 1.82) is 0 Å². The summed E-state index contributed by atoms with van der Waals surface area (Å²) in [7, 11) is 0. The number of rotatable bonds is 3. The van der Waals surface area contributed by atoms with Gasteiger partial charge in [0.15, 0.2) is 0 Å². The van der Waals surface area contributed by atoms with Crippen LogP contribution in [0.4, 0.5) is 14.5 Å². The summed E-state index contributed by atoms with van der Waals surface area (Å²) in [6, 6.07) is 11.4. The Bertz CT molecular complexity index is 552. The Balaban J connectivity index is 2.21. The van der Waals surface area contributed by atoms with E-state index in [9.17, 15) is 8.78 Å². The van der Waals surface area contributed by atoms with Crippen LogP contribution in [0.2, 0.25) is 0 Å². The van der Waals surface area contributed by atoms with E-state index in [-0.39, 0.29) is 6.04 Å². The molecule has 1 nitrogen and oxygen atoms in total. The van der Waals surface area contributed by atoms with Gasteiger partial charge in [-0.1, -0.05) is 24.3 Å². The summed E-state index contributed by atoms with van der Waals surface area (Å²) in [5.74, 6) is -1.14. The molecular weight excluding hydrogens is 232 g/mol. The lowest BCUT2D eigenvalue weighted by molar-refractivity contribution is 0.583. The van der Waals surface area contributed by atoms with Gasteiger partial charge in [0.2, 0.25) is 0 Å².